The maximum atomic E-state index is 12.7. The Bertz CT molecular complexity index is 976. The number of nitrogens with one attached hydrogen (secondary N) is 2. The van der Waals surface area contributed by atoms with Gasteiger partial charge < -0.3 is 5.32 Å². The number of pyridine rings is 1. The van der Waals surface area contributed by atoms with Crippen LogP contribution < -0.4 is 10.6 Å². The van der Waals surface area contributed by atoms with Crippen molar-refractivity contribution in [3.05, 3.63) is 54.2 Å². The number of amides is 3. The van der Waals surface area contributed by atoms with Crippen molar-refractivity contribution >= 4 is 33.7 Å². The van der Waals surface area contributed by atoms with Gasteiger partial charge in [0.2, 0.25) is 15.9 Å². The number of hydrogen-bond donors (Lipinski definition) is 2. The second-order valence-corrected chi connectivity index (χ2v) is 9.76. The Morgan fingerprint density at radius 2 is 1.83 bits per heavy atom. The van der Waals surface area contributed by atoms with Gasteiger partial charge in [-0.25, -0.2) is 18.2 Å². The van der Waals surface area contributed by atoms with Crippen LogP contribution in [-0.2, 0) is 14.8 Å². The molecule has 160 valence electrons. The number of carbonyl (C=O) groups excluding carboxylic acids is 2. The van der Waals surface area contributed by atoms with Gasteiger partial charge in [0, 0.05) is 25.8 Å². The highest BCUT2D eigenvalue weighted by molar-refractivity contribution is 8.00. The van der Waals surface area contributed by atoms with Crippen LogP contribution in [0.4, 0.5) is 4.79 Å². The predicted octanol–water partition coefficient (Wildman–Crippen LogP) is 2.55. The quantitative estimate of drug-likeness (QED) is 0.630. The molecule has 1 saturated heterocycles. The molecule has 0 radical (unpaired) electrons. The molecular weight excluding hydrogens is 424 g/mol. The van der Waals surface area contributed by atoms with Crippen molar-refractivity contribution < 1.29 is 18.0 Å². The summed E-state index contributed by atoms with van der Waals surface area (Å²) in [7, 11) is -3.55. The monoisotopic (exact) mass is 448 g/mol. The lowest BCUT2D eigenvalue weighted by Crippen LogP contribution is -2.41. The SMILES string of the molecule is CCNC(=O)NC(=O)[C@@H](Sc1ccc(S(=O)(=O)N2CCCC2)cn1)c1ccccc1. The Morgan fingerprint density at radius 1 is 1.13 bits per heavy atom. The molecule has 1 aliphatic heterocycles. The maximum Gasteiger partial charge on any atom is 0.321 e. The van der Waals surface area contributed by atoms with Crippen molar-refractivity contribution in [2.75, 3.05) is 19.6 Å². The summed E-state index contributed by atoms with van der Waals surface area (Å²) in [5.41, 5.74) is 0.708. The highest BCUT2D eigenvalue weighted by Crippen LogP contribution is 2.35. The third kappa shape index (κ3) is 5.38. The number of carbonyl (C=O) groups is 2. The average molecular weight is 449 g/mol. The standard InChI is InChI=1S/C20H24N4O4S2/c1-2-21-20(26)23-19(25)18(15-8-4-3-5-9-15)29-17-11-10-16(14-22-17)30(27,28)24-12-6-7-13-24/h3-5,8-11,14,18H,2,6-7,12-13H2,1H3,(H2,21,23,25,26)/t18-/m0/s1. The highest BCUT2D eigenvalue weighted by Gasteiger charge is 2.28. The Hall–Kier alpha value is -2.43. The number of urea groups is 1. The molecule has 1 aromatic heterocycles. The summed E-state index contributed by atoms with van der Waals surface area (Å²) in [5.74, 6) is -0.479. The maximum absolute atomic E-state index is 12.7. The zero-order chi connectivity index (χ0) is 21.6. The highest BCUT2D eigenvalue weighted by atomic mass is 32.2. The van der Waals surface area contributed by atoms with E-state index in [2.05, 4.69) is 15.6 Å². The van der Waals surface area contributed by atoms with Crippen LogP contribution in [0, 0.1) is 0 Å². The van der Waals surface area contributed by atoms with E-state index in [4.69, 9.17) is 0 Å². The number of imide groups is 1. The van der Waals surface area contributed by atoms with E-state index in [-0.39, 0.29) is 4.90 Å². The van der Waals surface area contributed by atoms with E-state index in [0.717, 1.165) is 24.6 Å². The number of sulfonamides is 1. The zero-order valence-corrected chi connectivity index (χ0v) is 18.2. The third-order valence-electron chi connectivity index (χ3n) is 4.57. The molecule has 0 saturated carbocycles. The van der Waals surface area contributed by atoms with Gasteiger partial charge in [0.05, 0.1) is 5.03 Å². The van der Waals surface area contributed by atoms with Gasteiger partial charge in [0.25, 0.3) is 0 Å². The number of aromatic nitrogens is 1. The van der Waals surface area contributed by atoms with Crippen molar-refractivity contribution in [2.45, 2.75) is 34.9 Å². The van der Waals surface area contributed by atoms with Gasteiger partial charge in [-0.15, -0.1) is 0 Å². The summed E-state index contributed by atoms with van der Waals surface area (Å²) in [6.45, 7) is 3.20. The average Bonchev–Trinajstić information content (AvgIpc) is 3.29. The summed E-state index contributed by atoms with van der Waals surface area (Å²) in [6, 6.07) is 11.6. The molecule has 1 aromatic carbocycles. The van der Waals surface area contributed by atoms with Crippen molar-refractivity contribution in [1.82, 2.24) is 19.9 Å². The van der Waals surface area contributed by atoms with E-state index in [9.17, 15) is 18.0 Å². The van der Waals surface area contributed by atoms with E-state index in [1.807, 2.05) is 6.07 Å². The molecule has 0 aliphatic carbocycles. The molecule has 2 N–H and O–H groups in total. The van der Waals surface area contributed by atoms with E-state index in [1.54, 1.807) is 37.3 Å². The van der Waals surface area contributed by atoms with Crippen molar-refractivity contribution in [1.29, 1.82) is 0 Å². The second-order valence-electron chi connectivity index (χ2n) is 6.70. The second kappa shape index (κ2) is 10.1. The van der Waals surface area contributed by atoms with Crippen molar-refractivity contribution in [3.8, 4) is 0 Å². The first kappa shape index (κ1) is 22.3. The fourth-order valence-corrected chi connectivity index (χ4v) is 5.49. The van der Waals surface area contributed by atoms with Crippen LogP contribution in [0.2, 0.25) is 0 Å². The summed E-state index contributed by atoms with van der Waals surface area (Å²) < 4.78 is 26.8. The van der Waals surface area contributed by atoms with Gasteiger partial charge in [-0.3, -0.25) is 10.1 Å². The first-order chi connectivity index (χ1) is 14.4. The molecule has 1 atom stereocenters. The predicted molar refractivity (Wildman–Crippen MR) is 114 cm³/mol. The lowest BCUT2D eigenvalue weighted by atomic mass is 10.1. The molecule has 1 fully saturated rings. The molecule has 0 spiro atoms. The van der Waals surface area contributed by atoms with Crippen LogP contribution in [0.25, 0.3) is 0 Å². The third-order valence-corrected chi connectivity index (χ3v) is 7.65. The smallest absolute Gasteiger partial charge is 0.321 e. The van der Waals surface area contributed by atoms with E-state index in [0.29, 0.717) is 30.2 Å². The topological polar surface area (TPSA) is 108 Å². The van der Waals surface area contributed by atoms with Crippen LogP contribution in [0.5, 0.6) is 0 Å². The molecule has 10 heteroatoms. The normalized spacial score (nSPS) is 15.5. The minimum atomic E-state index is -3.55. The van der Waals surface area contributed by atoms with Crippen molar-refractivity contribution in [2.24, 2.45) is 0 Å². The molecule has 2 aromatic rings. The number of hydrogen-bond acceptors (Lipinski definition) is 6. The summed E-state index contributed by atoms with van der Waals surface area (Å²) in [4.78, 5) is 28.9. The lowest BCUT2D eigenvalue weighted by Gasteiger charge is -2.17. The molecule has 2 heterocycles. The van der Waals surface area contributed by atoms with E-state index < -0.39 is 27.2 Å². The van der Waals surface area contributed by atoms with Crippen LogP contribution in [0.3, 0.4) is 0 Å². The lowest BCUT2D eigenvalue weighted by molar-refractivity contribution is -0.119. The fraction of sp³-hybridized carbons (Fsp3) is 0.350. The Morgan fingerprint density at radius 3 is 2.43 bits per heavy atom. The summed E-state index contributed by atoms with van der Waals surface area (Å²) in [5, 5.41) is 4.62. The Balaban J connectivity index is 1.79. The van der Waals surface area contributed by atoms with Crippen LogP contribution >= 0.6 is 11.8 Å². The van der Waals surface area contributed by atoms with Crippen LogP contribution in [0.15, 0.2) is 58.6 Å². The molecule has 3 rings (SSSR count). The minimum Gasteiger partial charge on any atom is -0.338 e. The van der Waals surface area contributed by atoms with E-state index >= 15 is 0 Å². The van der Waals surface area contributed by atoms with Crippen LogP contribution in [-0.4, -0.2) is 49.3 Å². The first-order valence-corrected chi connectivity index (χ1v) is 12.0. The van der Waals surface area contributed by atoms with Gasteiger partial charge >= 0.3 is 6.03 Å². The van der Waals surface area contributed by atoms with Crippen LogP contribution in [0.1, 0.15) is 30.6 Å². The molecule has 0 bridgehead atoms. The number of thioether (sulfide) groups is 1. The minimum absolute atomic E-state index is 0.136. The van der Waals surface area contributed by atoms with Gasteiger partial charge in [0.1, 0.15) is 10.1 Å². The first-order valence-electron chi connectivity index (χ1n) is 9.68. The number of rotatable bonds is 7. The van der Waals surface area contributed by atoms with Gasteiger partial charge in [-0.1, -0.05) is 42.1 Å². The fourth-order valence-electron chi connectivity index (χ4n) is 3.07. The number of benzene rings is 1. The Kier molecular flexibility index (Phi) is 7.46. The zero-order valence-electron chi connectivity index (χ0n) is 16.6. The summed E-state index contributed by atoms with van der Waals surface area (Å²) in [6.07, 6.45) is 3.04. The molecule has 1 aliphatic rings. The van der Waals surface area contributed by atoms with Gasteiger partial charge in [0.15, 0.2) is 0 Å². The molecule has 3 amide bonds. The molecule has 0 unspecified atom stereocenters. The summed E-state index contributed by atoms with van der Waals surface area (Å²) >= 11 is 1.15. The van der Waals surface area contributed by atoms with Gasteiger partial charge in [-0.05, 0) is 37.5 Å². The van der Waals surface area contributed by atoms with Gasteiger partial charge in [-0.2, -0.15) is 4.31 Å². The largest absolute Gasteiger partial charge is 0.338 e. The molecule has 8 nitrogen and oxygen atoms in total. The Labute approximate surface area is 180 Å². The molecular formula is C20H24N4O4S2. The number of nitrogens with zero attached hydrogens (tertiary/aromatic N) is 2. The van der Waals surface area contributed by atoms with E-state index in [1.165, 1.54) is 16.6 Å². The molecule has 30 heavy (non-hydrogen) atoms. The van der Waals surface area contributed by atoms with Crippen molar-refractivity contribution in [3.63, 3.8) is 0 Å².